The predicted molar refractivity (Wildman–Crippen MR) is 109 cm³/mol. The van der Waals surface area contributed by atoms with Gasteiger partial charge in [0.1, 0.15) is 17.5 Å². The summed E-state index contributed by atoms with van der Waals surface area (Å²) in [5.74, 6) is -1.99. The molecule has 4 aromatic carbocycles. The van der Waals surface area contributed by atoms with Gasteiger partial charge in [-0.05, 0) is 52.8 Å². The summed E-state index contributed by atoms with van der Waals surface area (Å²) >= 11 is 5.84. The van der Waals surface area contributed by atoms with Crippen molar-refractivity contribution in [1.82, 2.24) is 0 Å². The summed E-state index contributed by atoms with van der Waals surface area (Å²) < 4.78 is 44.5. The van der Waals surface area contributed by atoms with Crippen LogP contribution in [0.25, 0.3) is 33.0 Å². The van der Waals surface area contributed by atoms with Gasteiger partial charge in [0, 0.05) is 16.0 Å². The Morgan fingerprint density at radius 2 is 1.43 bits per heavy atom. The van der Waals surface area contributed by atoms with E-state index in [1.165, 1.54) is 0 Å². The van der Waals surface area contributed by atoms with E-state index in [0.717, 1.165) is 29.5 Å². The largest absolute Gasteiger partial charge is 0.206 e. The van der Waals surface area contributed by atoms with Gasteiger partial charge in [-0.1, -0.05) is 61.0 Å². The van der Waals surface area contributed by atoms with Crippen molar-refractivity contribution >= 4 is 22.4 Å². The Kier molecular flexibility index (Phi) is 4.86. The van der Waals surface area contributed by atoms with Crippen LogP contribution in [0.4, 0.5) is 13.2 Å². The molecular weight excluding hydrogens is 381 g/mol. The number of benzene rings is 4. The van der Waals surface area contributed by atoms with Gasteiger partial charge >= 0.3 is 0 Å². The SMILES string of the molecule is CCc1ccc2c(F)c(-c3cc(F)c(-c4ccc(Cl)cc4)c(F)c3)ccc2c1. The normalized spacial score (nSPS) is 11.2. The maximum absolute atomic E-state index is 15.1. The second kappa shape index (κ2) is 7.33. The zero-order chi connectivity index (χ0) is 19.8. The lowest BCUT2D eigenvalue weighted by Gasteiger charge is -2.11. The molecule has 4 aromatic rings. The van der Waals surface area contributed by atoms with Crippen molar-refractivity contribution in [2.24, 2.45) is 0 Å². The monoisotopic (exact) mass is 396 g/mol. The van der Waals surface area contributed by atoms with Gasteiger partial charge in [0.05, 0.1) is 5.56 Å². The summed E-state index contributed by atoms with van der Waals surface area (Å²) in [6.07, 6.45) is 0.849. The molecule has 0 amide bonds. The average molecular weight is 397 g/mol. The van der Waals surface area contributed by atoms with Crippen LogP contribution in [-0.4, -0.2) is 0 Å². The number of rotatable bonds is 3. The molecule has 0 spiro atoms. The van der Waals surface area contributed by atoms with Gasteiger partial charge in [0.15, 0.2) is 0 Å². The molecular formula is C24H16ClF3. The van der Waals surface area contributed by atoms with Gasteiger partial charge in [-0.3, -0.25) is 0 Å². The van der Waals surface area contributed by atoms with Crippen LogP contribution in [0.1, 0.15) is 12.5 Å². The third kappa shape index (κ3) is 3.27. The van der Waals surface area contributed by atoms with E-state index in [4.69, 9.17) is 11.6 Å². The van der Waals surface area contributed by atoms with Crippen LogP contribution < -0.4 is 0 Å². The maximum atomic E-state index is 15.1. The molecule has 0 aliphatic rings. The first kappa shape index (κ1) is 18.6. The van der Waals surface area contributed by atoms with Gasteiger partial charge in [-0.25, -0.2) is 13.2 Å². The molecule has 0 saturated carbocycles. The molecule has 0 bridgehead atoms. The fourth-order valence-electron chi connectivity index (χ4n) is 3.41. The molecule has 0 nitrogen and oxygen atoms in total. The minimum Gasteiger partial charge on any atom is -0.206 e. The minimum absolute atomic E-state index is 0.158. The molecule has 0 unspecified atom stereocenters. The standard InChI is InChI=1S/C24H16ClF3/c1-2-14-3-9-19-16(11-14)6-10-20(24(19)28)17-12-21(26)23(22(27)13-17)15-4-7-18(25)8-5-15/h3-13H,2H2,1H3. The molecule has 28 heavy (non-hydrogen) atoms. The van der Waals surface area contributed by atoms with Crippen molar-refractivity contribution in [3.8, 4) is 22.3 Å². The fourth-order valence-corrected chi connectivity index (χ4v) is 3.53. The lowest BCUT2D eigenvalue weighted by molar-refractivity contribution is 0.590. The van der Waals surface area contributed by atoms with E-state index in [-0.39, 0.29) is 16.7 Å². The fraction of sp³-hybridized carbons (Fsp3) is 0.0833. The number of halogens is 4. The summed E-state index contributed by atoms with van der Waals surface area (Å²) in [4.78, 5) is 0. The van der Waals surface area contributed by atoms with Gasteiger partial charge in [-0.2, -0.15) is 0 Å². The summed E-state index contributed by atoms with van der Waals surface area (Å²) in [5.41, 5.74) is 1.64. The van der Waals surface area contributed by atoms with Crippen LogP contribution in [0.3, 0.4) is 0 Å². The van der Waals surface area contributed by atoms with Crippen LogP contribution in [0.15, 0.2) is 66.7 Å². The molecule has 0 heterocycles. The first-order valence-electron chi connectivity index (χ1n) is 8.94. The van der Waals surface area contributed by atoms with Crippen molar-refractivity contribution in [3.05, 3.63) is 94.8 Å². The second-order valence-corrected chi connectivity index (χ2v) is 7.09. The van der Waals surface area contributed by atoms with Gasteiger partial charge in [-0.15, -0.1) is 0 Å². The highest BCUT2D eigenvalue weighted by Gasteiger charge is 2.17. The summed E-state index contributed by atoms with van der Waals surface area (Å²) in [6, 6.07) is 17.4. The highest BCUT2D eigenvalue weighted by Crippen LogP contribution is 2.34. The number of hydrogen-bond donors (Lipinski definition) is 0. The Balaban J connectivity index is 1.84. The molecule has 4 rings (SSSR count). The first-order valence-corrected chi connectivity index (χ1v) is 9.32. The maximum Gasteiger partial charge on any atom is 0.138 e. The number of hydrogen-bond acceptors (Lipinski definition) is 0. The average Bonchev–Trinajstić information content (AvgIpc) is 2.68. The van der Waals surface area contributed by atoms with E-state index in [9.17, 15) is 8.78 Å². The smallest absolute Gasteiger partial charge is 0.138 e. The van der Waals surface area contributed by atoms with E-state index in [1.54, 1.807) is 42.5 Å². The van der Waals surface area contributed by atoms with Gasteiger partial charge in [0.25, 0.3) is 0 Å². The summed E-state index contributed by atoms with van der Waals surface area (Å²) in [6.45, 7) is 2.03. The predicted octanol–water partition coefficient (Wildman–Crippen LogP) is 7.81. The van der Waals surface area contributed by atoms with Crippen molar-refractivity contribution in [3.63, 3.8) is 0 Å². The molecule has 4 heteroatoms. The van der Waals surface area contributed by atoms with E-state index in [1.807, 2.05) is 19.1 Å². The van der Waals surface area contributed by atoms with Crippen LogP contribution in [0.2, 0.25) is 5.02 Å². The topological polar surface area (TPSA) is 0 Å². The zero-order valence-electron chi connectivity index (χ0n) is 15.1. The molecule has 0 atom stereocenters. The van der Waals surface area contributed by atoms with Crippen LogP contribution in [0.5, 0.6) is 0 Å². The molecule has 0 N–H and O–H groups in total. The molecule has 0 aliphatic heterocycles. The molecule has 0 radical (unpaired) electrons. The van der Waals surface area contributed by atoms with E-state index in [2.05, 4.69) is 0 Å². The van der Waals surface area contributed by atoms with Crippen molar-refractivity contribution in [2.45, 2.75) is 13.3 Å². The molecule has 0 saturated heterocycles. The Hall–Kier alpha value is -2.78. The van der Waals surface area contributed by atoms with E-state index < -0.39 is 17.5 Å². The Labute approximate surface area is 166 Å². The molecule has 0 fully saturated rings. The third-order valence-electron chi connectivity index (χ3n) is 4.91. The third-order valence-corrected chi connectivity index (χ3v) is 5.16. The number of fused-ring (bicyclic) bond motifs is 1. The highest BCUT2D eigenvalue weighted by molar-refractivity contribution is 6.30. The summed E-state index contributed by atoms with van der Waals surface area (Å²) in [5, 5.41) is 1.67. The zero-order valence-corrected chi connectivity index (χ0v) is 15.8. The molecule has 0 aromatic heterocycles. The highest BCUT2D eigenvalue weighted by atomic mass is 35.5. The van der Waals surface area contributed by atoms with E-state index in [0.29, 0.717) is 16.0 Å². The Morgan fingerprint density at radius 1 is 0.750 bits per heavy atom. The van der Waals surface area contributed by atoms with Crippen LogP contribution in [0, 0.1) is 17.5 Å². The van der Waals surface area contributed by atoms with Gasteiger partial charge < -0.3 is 0 Å². The first-order chi connectivity index (χ1) is 13.5. The van der Waals surface area contributed by atoms with Crippen molar-refractivity contribution < 1.29 is 13.2 Å². The van der Waals surface area contributed by atoms with Crippen LogP contribution in [-0.2, 0) is 6.42 Å². The Bertz CT molecular complexity index is 1160. The molecule has 140 valence electrons. The Morgan fingerprint density at radius 3 is 2.07 bits per heavy atom. The second-order valence-electron chi connectivity index (χ2n) is 6.66. The van der Waals surface area contributed by atoms with Crippen molar-refractivity contribution in [1.29, 1.82) is 0 Å². The van der Waals surface area contributed by atoms with Crippen LogP contribution >= 0.6 is 11.6 Å². The lowest BCUT2D eigenvalue weighted by atomic mass is 9.96. The summed E-state index contributed by atoms with van der Waals surface area (Å²) in [7, 11) is 0. The molecule has 0 aliphatic carbocycles. The van der Waals surface area contributed by atoms with E-state index >= 15 is 4.39 Å². The van der Waals surface area contributed by atoms with Crippen molar-refractivity contribution in [2.75, 3.05) is 0 Å². The lowest BCUT2D eigenvalue weighted by Crippen LogP contribution is -1.94. The number of aryl methyl sites for hydroxylation is 1. The minimum atomic E-state index is -0.752. The quantitative estimate of drug-likeness (QED) is 0.331. The van der Waals surface area contributed by atoms with Gasteiger partial charge in [0.2, 0.25) is 0 Å².